The summed E-state index contributed by atoms with van der Waals surface area (Å²) in [5.74, 6) is 1.50. The van der Waals surface area contributed by atoms with Crippen LogP contribution in [-0.2, 0) is 4.74 Å². The van der Waals surface area contributed by atoms with Crippen molar-refractivity contribution in [3.05, 3.63) is 18.2 Å². The molecule has 0 saturated heterocycles. The van der Waals surface area contributed by atoms with E-state index in [0.717, 1.165) is 18.9 Å². The van der Waals surface area contributed by atoms with Gasteiger partial charge in [-0.15, -0.1) is 0 Å². The first kappa shape index (κ1) is 11.2. The number of aromatic amines is 1. The number of hydrogen-bond donors (Lipinski definition) is 2. The van der Waals surface area contributed by atoms with E-state index in [4.69, 9.17) is 4.74 Å². The molecule has 1 aromatic heterocycles. The van der Waals surface area contributed by atoms with E-state index in [1.807, 2.05) is 13.2 Å². The lowest BCUT2D eigenvalue weighted by Gasteiger charge is -2.21. The molecule has 2 atom stereocenters. The molecule has 0 spiro atoms. The third kappa shape index (κ3) is 2.82. The Morgan fingerprint density at radius 2 is 2.43 bits per heavy atom. The number of hydrogen-bond acceptors (Lipinski definition) is 3. The van der Waals surface area contributed by atoms with Gasteiger partial charge in [0.2, 0.25) is 0 Å². The van der Waals surface area contributed by atoms with E-state index in [1.165, 1.54) is 0 Å². The van der Waals surface area contributed by atoms with Gasteiger partial charge < -0.3 is 15.0 Å². The first-order chi connectivity index (χ1) is 6.79. The first-order valence-corrected chi connectivity index (χ1v) is 4.95. The molecule has 0 amide bonds. The van der Waals surface area contributed by atoms with Crippen LogP contribution >= 0.6 is 0 Å². The topological polar surface area (TPSA) is 49.9 Å². The van der Waals surface area contributed by atoms with Crippen LogP contribution in [0.1, 0.15) is 25.2 Å². The molecule has 0 aliphatic carbocycles. The van der Waals surface area contributed by atoms with E-state index in [-0.39, 0.29) is 6.04 Å². The first-order valence-electron chi connectivity index (χ1n) is 4.95. The molecule has 0 aliphatic heterocycles. The van der Waals surface area contributed by atoms with E-state index in [2.05, 4.69) is 22.2 Å². The Kier molecular flexibility index (Phi) is 4.62. The minimum absolute atomic E-state index is 0.278. The zero-order valence-corrected chi connectivity index (χ0v) is 9.08. The molecule has 1 rings (SSSR count). The number of rotatable bonds is 6. The molecule has 1 heterocycles. The number of H-pyrrole nitrogens is 1. The van der Waals surface area contributed by atoms with Gasteiger partial charge in [0.1, 0.15) is 5.82 Å². The minimum atomic E-state index is 0.278. The molecular formula is C10H19N3O. The molecule has 4 heteroatoms. The lowest BCUT2D eigenvalue weighted by molar-refractivity contribution is 0.170. The van der Waals surface area contributed by atoms with Gasteiger partial charge in [0.15, 0.2) is 0 Å². The molecule has 0 aromatic carbocycles. The molecule has 0 bridgehead atoms. The summed E-state index contributed by atoms with van der Waals surface area (Å²) in [5, 5.41) is 3.26. The highest BCUT2D eigenvalue weighted by Crippen LogP contribution is 2.20. The zero-order chi connectivity index (χ0) is 10.4. The SMILES string of the molecule is CNC(c1ncc[nH]1)C(C)CCOC. The van der Waals surface area contributed by atoms with Gasteiger partial charge in [0.05, 0.1) is 6.04 Å². The van der Waals surface area contributed by atoms with Crippen molar-refractivity contribution in [2.75, 3.05) is 20.8 Å². The van der Waals surface area contributed by atoms with E-state index >= 15 is 0 Å². The highest BCUT2D eigenvalue weighted by atomic mass is 16.5. The van der Waals surface area contributed by atoms with Crippen molar-refractivity contribution in [2.45, 2.75) is 19.4 Å². The van der Waals surface area contributed by atoms with Crippen LogP contribution in [0.4, 0.5) is 0 Å². The summed E-state index contributed by atoms with van der Waals surface area (Å²) in [5.41, 5.74) is 0. The van der Waals surface area contributed by atoms with E-state index in [9.17, 15) is 0 Å². The number of ether oxygens (including phenoxy) is 1. The quantitative estimate of drug-likeness (QED) is 0.723. The number of methoxy groups -OCH3 is 1. The van der Waals surface area contributed by atoms with Crippen molar-refractivity contribution in [2.24, 2.45) is 5.92 Å². The predicted octanol–water partition coefficient (Wildman–Crippen LogP) is 1.34. The highest BCUT2D eigenvalue weighted by Gasteiger charge is 2.18. The Morgan fingerprint density at radius 3 is 2.93 bits per heavy atom. The summed E-state index contributed by atoms with van der Waals surface area (Å²) in [4.78, 5) is 7.39. The Bertz CT molecular complexity index is 236. The summed E-state index contributed by atoms with van der Waals surface area (Å²) >= 11 is 0. The van der Waals surface area contributed by atoms with Crippen molar-refractivity contribution >= 4 is 0 Å². The highest BCUT2D eigenvalue weighted by molar-refractivity contribution is 4.97. The summed E-state index contributed by atoms with van der Waals surface area (Å²) in [7, 11) is 3.69. The Labute approximate surface area is 85.1 Å². The van der Waals surface area contributed by atoms with E-state index in [1.54, 1.807) is 13.3 Å². The number of nitrogens with zero attached hydrogens (tertiary/aromatic N) is 1. The fraction of sp³-hybridized carbons (Fsp3) is 0.700. The fourth-order valence-electron chi connectivity index (χ4n) is 1.61. The molecule has 1 aromatic rings. The van der Waals surface area contributed by atoms with Crippen molar-refractivity contribution in [3.8, 4) is 0 Å². The monoisotopic (exact) mass is 197 g/mol. The average molecular weight is 197 g/mol. The number of imidazole rings is 1. The maximum Gasteiger partial charge on any atom is 0.123 e. The van der Waals surface area contributed by atoms with Gasteiger partial charge in [0.25, 0.3) is 0 Å². The molecule has 0 fully saturated rings. The molecule has 4 nitrogen and oxygen atoms in total. The van der Waals surface area contributed by atoms with E-state index < -0.39 is 0 Å². The second kappa shape index (κ2) is 5.78. The third-order valence-electron chi connectivity index (χ3n) is 2.47. The van der Waals surface area contributed by atoms with Crippen LogP contribution in [0.5, 0.6) is 0 Å². The third-order valence-corrected chi connectivity index (χ3v) is 2.47. The van der Waals surface area contributed by atoms with Crippen molar-refractivity contribution < 1.29 is 4.74 Å². The van der Waals surface area contributed by atoms with Gasteiger partial charge in [-0.1, -0.05) is 6.92 Å². The van der Waals surface area contributed by atoms with Crippen LogP contribution in [0.15, 0.2) is 12.4 Å². The van der Waals surface area contributed by atoms with Crippen LogP contribution in [0.2, 0.25) is 0 Å². The van der Waals surface area contributed by atoms with Gasteiger partial charge in [-0.05, 0) is 19.4 Å². The maximum atomic E-state index is 5.07. The van der Waals surface area contributed by atoms with E-state index in [0.29, 0.717) is 5.92 Å². The molecule has 2 unspecified atom stereocenters. The van der Waals surface area contributed by atoms with Gasteiger partial charge >= 0.3 is 0 Å². The minimum Gasteiger partial charge on any atom is -0.385 e. The van der Waals surface area contributed by atoms with Crippen LogP contribution in [0.25, 0.3) is 0 Å². The number of nitrogens with one attached hydrogen (secondary N) is 2. The van der Waals surface area contributed by atoms with Crippen molar-refractivity contribution in [1.29, 1.82) is 0 Å². The lowest BCUT2D eigenvalue weighted by Crippen LogP contribution is -2.25. The Hall–Kier alpha value is -0.870. The largest absolute Gasteiger partial charge is 0.385 e. The van der Waals surface area contributed by atoms with Gasteiger partial charge in [-0.25, -0.2) is 4.98 Å². The summed E-state index contributed by atoms with van der Waals surface area (Å²) in [6.45, 7) is 2.99. The van der Waals surface area contributed by atoms with Crippen LogP contribution in [-0.4, -0.2) is 30.7 Å². The zero-order valence-electron chi connectivity index (χ0n) is 9.08. The van der Waals surface area contributed by atoms with Crippen molar-refractivity contribution in [1.82, 2.24) is 15.3 Å². The summed E-state index contributed by atoms with van der Waals surface area (Å²) in [6, 6.07) is 0.278. The van der Waals surface area contributed by atoms with Crippen LogP contribution in [0, 0.1) is 5.92 Å². The summed E-state index contributed by atoms with van der Waals surface area (Å²) in [6.07, 6.45) is 4.66. The second-order valence-electron chi connectivity index (χ2n) is 3.50. The van der Waals surface area contributed by atoms with Crippen LogP contribution in [0.3, 0.4) is 0 Å². The molecule has 2 N–H and O–H groups in total. The fourth-order valence-corrected chi connectivity index (χ4v) is 1.61. The molecule has 0 aliphatic rings. The molecular weight excluding hydrogens is 178 g/mol. The van der Waals surface area contributed by atoms with Gasteiger partial charge in [-0.3, -0.25) is 0 Å². The lowest BCUT2D eigenvalue weighted by atomic mass is 9.98. The number of aromatic nitrogens is 2. The Morgan fingerprint density at radius 1 is 1.64 bits per heavy atom. The molecule has 0 radical (unpaired) electrons. The smallest absolute Gasteiger partial charge is 0.123 e. The van der Waals surface area contributed by atoms with Crippen LogP contribution < -0.4 is 5.32 Å². The Balaban J connectivity index is 2.53. The normalized spacial score (nSPS) is 15.4. The molecule has 0 saturated carbocycles. The standard InChI is InChI=1S/C10H19N3O/c1-8(4-7-14-3)9(11-2)10-12-5-6-13-10/h5-6,8-9,11H,4,7H2,1-3H3,(H,12,13). The predicted molar refractivity (Wildman–Crippen MR) is 56.0 cm³/mol. The molecule has 80 valence electrons. The summed E-state index contributed by atoms with van der Waals surface area (Å²) < 4.78 is 5.07. The average Bonchev–Trinajstić information content (AvgIpc) is 2.69. The van der Waals surface area contributed by atoms with Crippen molar-refractivity contribution in [3.63, 3.8) is 0 Å². The van der Waals surface area contributed by atoms with Gasteiger partial charge in [-0.2, -0.15) is 0 Å². The second-order valence-corrected chi connectivity index (χ2v) is 3.50. The molecule has 14 heavy (non-hydrogen) atoms. The maximum absolute atomic E-state index is 5.07. The van der Waals surface area contributed by atoms with Gasteiger partial charge in [0, 0.05) is 26.1 Å².